The van der Waals surface area contributed by atoms with Gasteiger partial charge in [-0.2, -0.15) is 0 Å². The van der Waals surface area contributed by atoms with E-state index in [0.717, 1.165) is 0 Å². The summed E-state index contributed by atoms with van der Waals surface area (Å²) in [4.78, 5) is 19.9. The van der Waals surface area contributed by atoms with Crippen molar-refractivity contribution in [3.05, 3.63) is 0 Å². The van der Waals surface area contributed by atoms with Crippen LogP contribution in [0.4, 0.5) is 9.59 Å². The average molecular weight is 118 g/mol. The molecule has 0 aromatic carbocycles. The summed E-state index contributed by atoms with van der Waals surface area (Å²) in [6.07, 6.45) is -2.03. The highest BCUT2D eigenvalue weighted by molar-refractivity contribution is 5.78. The summed E-state index contributed by atoms with van der Waals surface area (Å²) >= 11 is 0. The van der Waals surface area contributed by atoms with Gasteiger partial charge in [-0.25, -0.2) is 9.59 Å². The quantitative estimate of drug-likeness (QED) is 0.337. The first-order chi connectivity index (χ1) is 3.79. The zero-order chi connectivity index (χ0) is 5.98. The van der Waals surface area contributed by atoms with Crippen LogP contribution >= 0.6 is 0 Å². The van der Waals surface area contributed by atoms with E-state index in [0.29, 0.717) is 0 Å². The molecule has 1 fully saturated rings. The summed E-state index contributed by atoms with van der Waals surface area (Å²) in [5.41, 5.74) is 0. The molecule has 5 heteroatoms. The van der Waals surface area contributed by atoms with Gasteiger partial charge in [0.05, 0.1) is 0 Å². The average Bonchev–Trinajstić information content (AvgIpc) is 1.64. The van der Waals surface area contributed by atoms with Gasteiger partial charge in [-0.05, 0) is 0 Å². The molecule has 1 saturated heterocycles. The topological polar surface area (TPSA) is 61.8 Å². The van der Waals surface area contributed by atoms with E-state index in [-0.39, 0.29) is 6.79 Å². The predicted molar refractivity (Wildman–Crippen MR) is 18.9 cm³/mol. The molecule has 0 N–H and O–H groups in total. The van der Waals surface area contributed by atoms with E-state index in [1.54, 1.807) is 0 Å². The van der Waals surface area contributed by atoms with Crippen LogP contribution in [0.15, 0.2) is 0 Å². The molecular weight excluding hydrogens is 116 g/mol. The summed E-state index contributed by atoms with van der Waals surface area (Å²) in [7, 11) is 0. The third kappa shape index (κ3) is 0.868. The van der Waals surface area contributed by atoms with Crippen molar-refractivity contribution in [2.24, 2.45) is 0 Å². The van der Waals surface area contributed by atoms with Gasteiger partial charge in [-0.3, -0.25) is 0 Å². The van der Waals surface area contributed by atoms with Crippen LogP contribution in [0.2, 0.25) is 0 Å². The first kappa shape index (κ1) is 4.89. The minimum absolute atomic E-state index is 0.350. The van der Waals surface area contributed by atoms with Gasteiger partial charge in [0.15, 0.2) is 0 Å². The lowest BCUT2D eigenvalue weighted by Crippen LogP contribution is -2.23. The van der Waals surface area contributed by atoms with Crippen molar-refractivity contribution in [1.82, 2.24) is 0 Å². The van der Waals surface area contributed by atoms with Gasteiger partial charge in [0, 0.05) is 0 Å². The van der Waals surface area contributed by atoms with Gasteiger partial charge in [0.25, 0.3) is 0 Å². The molecule has 0 atom stereocenters. The lowest BCUT2D eigenvalue weighted by molar-refractivity contribution is -0.0664. The first-order valence-corrected chi connectivity index (χ1v) is 1.80. The number of carbonyl (C=O) groups excluding carboxylic acids is 2. The van der Waals surface area contributed by atoms with Gasteiger partial charge in [-0.1, -0.05) is 0 Å². The molecule has 0 amide bonds. The number of rotatable bonds is 0. The normalized spacial score (nSPS) is 18.5. The van der Waals surface area contributed by atoms with E-state index in [4.69, 9.17) is 0 Å². The largest absolute Gasteiger partial charge is 0.521 e. The van der Waals surface area contributed by atoms with Gasteiger partial charge in [0.2, 0.25) is 6.79 Å². The summed E-state index contributed by atoms with van der Waals surface area (Å²) in [6, 6.07) is 0. The third-order valence-electron chi connectivity index (χ3n) is 0.520. The Morgan fingerprint density at radius 3 is 1.88 bits per heavy atom. The molecule has 1 aliphatic heterocycles. The molecule has 0 spiro atoms. The van der Waals surface area contributed by atoms with Crippen molar-refractivity contribution in [1.29, 1.82) is 0 Å². The summed E-state index contributed by atoms with van der Waals surface area (Å²) < 4.78 is 11.9. The molecule has 0 saturated carbocycles. The fourth-order valence-electron chi connectivity index (χ4n) is 0.253. The Kier molecular flexibility index (Phi) is 1.03. The van der Waals surface area contributed by atoms with Crippen molar-refractivity contribution in [3.8, 4) is 0 Å². The Morgan fingerprint density at radius 2 is 1.62 bits per heavy atom. The molecule has 5 nitrogen and oxygen atoms in total. The highest BCUT2D eigenvalue weighted by Gasteiger charge is 2.18. The number of hydrogen-bond donors (Lipinski definition) is 0. The summed E-state index contributed by atoms with van der Waals surface area (Å²) in [6.45, 7) is -0.350. The van der Waals surface area contributed by atoms with E-state index in [2.05, 4.69) is 14.2 Å². The summed E-state index contributed by atoms with van der Waals surface area (Å²) in [5.74, 6) is 0. The summed E-state index contributed by atoms with van der Waals surface area (Å²) in [5, 5.41) is 0. The van der Waals surface area contributed by atoms with Crippen molar-refractivity contribution in [2.45, 2.75) is 0 Å². The molecule has 1 heterocycles. The lowest BCUT2D eigenvalue weighted by atomic mass is 11.1. The predicted octanol–water partition coefficient (Wildman–Crippen LogP) is 0.247. The van der Waals surface area contributed by atoms with Crippen LogP contribution in [0.25, 0.3) is 0 Å². The van der Waals surface area contributed by atoms with E-state index in [9.17, 15) is 9.59 Å². The van der Waals surface area contributed by atoms with Crippen molar-refractivity contribution >= 4 is 12.3 Å². The molecule has 8 heavy (non-hydrogen) atoms. The monoisotopic (exact) mass is 118 g/mol. The Bertz CT molecular complexity index is 114. The zero-order valence-corrected chi connectivity index (χ0v) is 3.75. The molecule has 0 bridgehead atoms. The van der Waals surface area contributed by atoms with Crippen LogP contribution in [0.3, 0.4) is 0 Å². The van der Waals surface area contributed by atoms with Gasteiger partial charge < -0.3 is 14.2 Å². The molecule has 0 radical (unpaired) electrons. The van der Waals surface area contributed by atoms with Crippen LogP contribution in [-0.2, 0) is 14.2 Å². The molecule has 1 rings (SSSR count). The zero-order valence-electron chi connectivity index (χ0n) is 3.75. The van der Waals surface area contributed by atoms with Crippen LogP contribution in [0.1, 0.15) is 0 Å². The smallest absolute Gasteiger partial charge is 0.396 e. The number of carbonyl (C=O) groups is 2. The standard InChI is InChI=1S/C3H2O5/c4-2-6-1-7-3(5)8-2/h1H2. The maximum atomic E-state index is 9.93. The first-order valence-electron chi connectivity index (χ1n) is 1.80. The van der Waals surface area contributed by atoms with Crippen LogP contribution in [-0.4, -0.2) is 19.1 Å². The molecule has 0 aromatic heterocycles. The maximum Gasteiger partial charge on any atom is 0.521 e. The molecule has 0 unspecified atom stereocenters. The van der Waals surface area contributed by atoms with E-state index in [1.807, 2.05) is 0 Å². The second kappa shape index (κ2) is 1.69. The van der Waals surface area contributed by atoms with Gasteiger partial charge >= 0.3 is 12.3 Å². The fraction of sp³-hybridized carbons (Fsp3) is 0.333. The second-order valence-electron chi connectivity index (χ2n) is 1.01. The van der Waals surface area contributed by atoms with Gasteiger partial charge in [0.1, 0.15) is 0 Å². The second-order valence-corrected chi connectivity index (χ2v) is 1.01. The molecule has 44 valence electrons. The van der Waals surface area contributed by atoms with E-state index < -0.39 is 12.3 Å². The third-order valence-corrected chi connectivity index (χ3v) is 0.520. The van der Waals surface area contributed by atoms with Crippen molar-refractivity contribution in [3.63, 3.8) is 0 Å². The number of cyclic esters (lactones) is 4. The number of ether oxygens (including phenoxy) is 3. The molecule has 0 aromatic rings. The maximum absolute atomic E-state index is 9.93. The highest BCUT2D eigenvalue weighted by Crippen LogP contribution is 1.96. The minimum atomic E-state index is -1.01. The van der Waals surface area contributed by atoms with E-state index >= 15 is 0 Å². The van der Waals surface area contributed by atoms with Crippen molar-refractivity contribution in [2.75, 3.05) is 6.79 Å². The fourth-order valence-corrected chi connectivity index (χ4v) is 0.253. The minimum Gasteiger partial charge on any atom is -0.396 e. The Morgan fingerprint density at radius 1 is 1.12 bits per heavy atom. The SMILES string of the molecule is O=C1OCOC(=O)O1. The Hall–Kier alpha value is -1.26. The lowest BCUT2D eigenvalue weighted by Gasteiger charge is -2.08. The van der Waals surface area contributed by atoms with Gasteiger partial charge in [-0.15, -0.1) is 0 Å². The molecular formula is C3H2O5. The van der Waals surface area contributed by atoms with Crippen LogP contribution in [0, 0.1) is 0 Å². The number of hydrogen-bond acceptors (Lipinski definition) is 5. The Balaban J connectivity index is 2.45. The van der Waals surface area contributed by atoms with Crippen LogP contribution in [0.5, 0.6) is 0 Å². The molecule has 0 aliphatic carbocycles. The van der Waals surface area contributed by atoms with Crippen LogP contribution < -0.4 is 0 Å². The van der Waals surface area contributed by atoms with Crippen molar-refractivity contribution < 1.29 is 23.8 Å². The van der Waals surface area contributed by atoms with E-state index in [1.165, 1.54) is 0 Å². The molecule has 1 aliphatic rings. The Labute approximate surface area is 44.1 Å². The highest BCUT2D eigenvalue weighted by atomic mass is 16.9.